The van der Waals surface area contributed by atoms with Crippen molar-refractivity contribution in [3.63, 3.8) is 0 Å². The highest BCUT2D eigenvalue weighted by atomic mass is 16.5. The highest BCUT2D eigenvalue weighted by Gasteiger charge is 2.21. The first kappa shape index (κ1) is 23.2. The Kier molecular flexibility index (Phi) is 6.21. The molecule has 0 spiro atoms. The molecule has 0 aliphatic heterocycles. The molecule has 0 saturated carbocycles. The largest absolute Gasteiger partial charge is 0.361 e. The second-order valence-electron chi connectivity index (χ2n) is 9.56. The Morgan fingerprint density at radius 3 is 2.59 bits per heavy atom. The van der Waals surface area contributed by atoms with Crippen LogP contribution in [0.15, 0.2) is 53.3 Å². The quantitative estimate of drug-likeness (QED) is 0.318. The van der Waals surface area contributed by atoms with Gasteiger partial charge in [-0.05, 0) is 37.5 Å². The molecular weight excluding hydrogens is 426 g/mol. The number of rotatable bonds is 5. The van der Waals surface area contributed by atoms with Gasteiger partial charge in [0.15, 0.2) is 5.78 Å². The van der Waals surface area contributed by atoms with Crippen LogP contribution in [0.5, 0.6) is 0 Å². The van der Waals surface area contributed by atoms with Gasteiger partial charge in [-0.3, -0.25) is 14.0 Å². The van der Waals surface area contributed by atoms with Crippen molar-refractivity contribution in [3.8, 4) is 11.8 Å². The van der Waals surface area contributed by atoms with Crippen LogP contribution < -0.4 is 0 Å². The molecule has 0 saturated heterocycles. The lowest BCUT2D eigenvalue weighted by atomic mass is 9.93. The average Bonchev–Trinajstić information content (AvgIpc) is 3.40. The van der Waals surface area contributed by atoms with Gasteiger partial charge in [-0.1, -0.05) is 50.0 Å². The van der Waals surface area contributed by atoms with Crippen LogP contribution in [0, 0.1) is 18.8 Å². The maximum Gasteiger partial charge on any atom is 0.168 e. The van der Waals surface area contributed by atoms with E-state index in [2.05, 4.69) is 22.0 Å². The van der Waals surface area contributed by atoms with E-state index in [0.29, 0.717) is 23.4 Å². The third-order valence-corrected chi connectivity index (χ3v) is 5.58. The molecule has 1 aromatic carbocycles. The topological polar surface area (TPSA) is 77.5 Å². The van der Waals surface area contributed by atoms with E-state index in [-0.39, 0.29) is 23.4 Å². The van der Waals surface area contributed by atoms with Gasteiger partial charge in [-0.2, -0.15) is 0 Å². The number of pyridine rings is 1. The van der Waals surface area contributed by atoms with Crippen molar-refractivity contribution in [2.75, 3.05) is 0 Å². The number of imidazole rings is 1. The lowest BCUT2D eigenvalue weighted by Crippen LogP contribution is -2.09. The van der Waals surface area contributed by atoms with Crippen molar-refractivity contribution in [2.24, 2.45) is 0 Å². The van der Waals surface area contributed by atoms with E-state index >= 15 is 0 Å². The summed E-state index contributed by atoms with van der Waals surface area (Å²) in [5, 5.41) is 4.06. The van der Waals surface area contributed by atoms with E-state index in [9.17, 15) is 9.59 Å². The van der Waals surface area contributed by atoms with E-state index in [1.165, 1.54) is 0 Å². The minimum absolute atomic E-state index is 0.0412. The van der Waals surface area contributed by atoms with Gasteiger partial charge in [0.2, 0.25) is 0 Å². The molecule has 34 heavy (non-hydrogen) atoms. The summed E-state index contributed by atoms with van der Waals surface area (Å²) in [6, 6.07) is 11.2. The van der Waals surface area contributed by atoms with E-state index < -0.39 is 0 Å². The van der Waals surface area contributed by atoms with Gasteiger partial charge in [0.1, 0.15) is 22.9 Å². The summed E-state index contributed by atoms with van der Waals surface area (Å²) in [6.45, 7) is 9.65. The summed E-state index contributed by atoms with van der Waals surface area (Å²) < 4.78 is 7.28. The standard InChI is InChI=1S/C28H27N3O3/c1-18-8-9-21(25(33)15-23-16-26(34-30-23)28(3,4)5)14-20(18)10-11-24-17-29-27-22(13-19(2)32)7-6-12-31(24)27/h6-9,12,14,16-17H,13,15H2,1-5H3. The van der Waals surface area contributed by atoms with E-state index in [4.69, 9.17) is 4.52 Å². The van der Waals surface area contributed by atoms with Gasteiger partial charge in [0.05, 0.1) is 18.3 Å². The van der Waals surface area contributed by atoms with E-state index in [0.717, 1.165) is 28.1 Å². The summed E-state index contributed by atoms with van der Waals surface area (Å²) in [7, 11) is 0. The highest BCUT2D eigenvalue weighted by molar-refractivity contribution is 5.97. The van der Waals surface area contributed by atoms with Crippen molar-refractivity contribution >= 4 is 17.2 Å². The third kappa shape index (κ3) is 4.99. The smallest absolute Gasteiger partial charge is 0.168 e. The maximum atomic E-state index is 12.9. The molecule has 6 heteroatoms. The van der Waals surface area contributed by atoms with Crippen LogP contribution >= 0.6 is 0 Å². The Morgan fingerprint density at radius 1 is 1.09 bits per heavy atom. The molecule has 0 unspecified atom stereocenters. The molecule has 4 rings (SSSR count). The highest BCUT2D eigenvalue weighted by Crippen LogP contribution is 2.23. The number of carbonyl (C=O) groups excluding carboxylic acids is 2. The van der Waals surface area contributed by atoms with Gasteiger partial charge >= 0.3 is 0 Å². The van der Waals surface area contributed by atoms with Gasteiger partial charge in [-0.15, -0.1) is 0 Å². The van der Waals surface area contributed by atoms with Gasteiger partial charge in [-0.25, -0.2) is 4.98 Å². The van der Waals surface area contributed by atoms with Crippen LogP contribution in [0.2, 0.25) is 0 Å². The van der Waals surface area contributed by atoms with Gasteiger partial charge in [0.25, 0.3) is 0 Å². The number of ketones is 2. The summed E-state index contributed by atoms with van der Waals surface area (Å²) in [6.07, 6.45) is 4.09. The molecule has 0 amide bonds. The van der Waals surface area contributed by atoms with Crippen LogP contribution in [-0.4, -0.2) is 26.1 Å². The number of benzene rings is 1. The second-order valence-corrected chi connectivity index (χ2v) is 9.56. The van der Waals surface area contributed by atoms with Gasteiger partial charge in [0, 0.05) is 40.8 Å². The Morgan fingerprint density at radius 2 is 1.88 bits per heavy atom. The number of Topliss-reactive ketones (excluding diaryl/α,β-unsaturated/α-hetero) is 2. The molecule has 3 aromatic heterocycles. The molecule has 0 fully saturated rings. The molecule has 0 aliphatic rings. The van der Waals surface area contributed by atoms with Crippen molar-refractivity contribution in [1.82, 2.24) is 14.5 Å². The fourth-order valence-corrected chi connectivity index (χ4v) is 3.64. The first-order chi connectivity index (χ1) is 16.1. The third-order valence-electron chi connectivity index (χ3n) is 5.58. The molecule has 0 aliphatic carbocycles. The SMILES string of the molecule is CC(=O)Cc1cccn2c(C#Cc3cc(C(=O)Cc4cc(C(C)(C)C)on4)ccc3C)cnc12. The fourth-order valence-electron chi connectivity index (χ4n) is 3.64. The Bertz CT molecular complexity index is 1460. The first-order valence-electron chi connectivity index (χ1n) is 11.2. The number of aryl methyl sites for hydroxylation is 1. The predicted molar refractivity (Wildman–Crippen MR) is 130 cm³/mol. The average molecular weight is 454 g/mol. The molecule has 0 N–H and O–H groups in total. The lowest BCUT2D eigenvalue weighted by molar-refractivity contribution is -0.116. The minimum Gasteiger partial charge on any atom is -0.361 e. The van der Waals surface area contributed by atoms with Crippen molar-refractivity contribution in [2.45, 2.75) is 52.9 Å². The molecule has 0 atom stereocenters. The Labute approximate surface area is 199 Å². The zero-order valence-electron chi connectivity index (χ0n) is 20.1. The van der Waals surface area contributed by atoms with E-state index in [1.54, 1.807) is 13.1 Å². The molecule has 4 aromatic rings. The summed E-state index contributed by atoms with van der Waals surface area (Å²) in [5.41, 5.74) is 5.11. The van der Waals surface area contributed by atoms with Crippen LogP contribution in [0.3, 0.4) is 0 Å². The number of hydrogen-bond donors (Lipinski definition) is 0. The molecule has 3 heterocycles. The second kappa shape index (κ2) is 9.11. The Balaban J connectivity index is 1.59. The number of carbonyl (C=O) groups is 2. The maximum absolute atomic E-state index is 12.9. The van der Waals surface area contributed by atoms with Crippen LogP contribution in [-0.2, 0) is 23.1 Å². The minimum atomic E-state index is -0.161. The number of fused-ring (bicyclic) bond motifs is 1. The normalized spacial score (nSPS) is 11.3. The molecule has 172 valence electrons. The van der Waals surface area contributed by atoms with Crippen molar-refractivity contribution in [1.29, 1.82) is 0 Å². The molecule has 0 radical (unpaired) electrons. The zero-order chi connectivity index (χ0) is 24.5. The van der Waals surface area contributed by atoms with E-state index in [1.807, 2.05) is 74.7 Å². The lowest BCUT2D eigenvalue weighted by Gasteiger charge is -2.12. The monoisotopic (exact) mass is 453 g/mol. The molecule has 0 bridgehead atoms. The van der Waals surface area contributed by atoms with Crippen molar-refractivity contribution in [3.05, 3.63) is 88.2 Å². The van der Waals surface area contributed by atoms with Crippen LogP contribution in [0.4, 0.5) is 0 Å². The summed E-state index contributed by atoms with van der Waals surface area (Å²) in [5.74, 6) is 7.15. The van der Waals surface area contributed by atoms with Crippen LogP contribution in [0.1, 0.15) is 71.9 Å². The number of hydrogen-bond acceptors (Lipinski definition) is 5. The zero-order valence-corrected chi connectivity index (χ0v) is 20.1. The van der Waals surface area contributed by atoms with Crippen molar-refractivity contribution < 1.29 is 14.1 Å². The van der Waals surface area contributed by atoms with Gasteiger partial charge < -0.3 is 4.52 Å². The number of nitrogens with zero attached hydrogens (tertiary/aromatic N) is 3. The summed E-state index contributed by atoms with van der Waals surface area (Å²) in [4.78, 5) is 28.9. The van der Waals surface area contributed by atoms with Crippen LogP contribution in [0.25, 0.3) is 5.65 Å². The predicted octanol–water partition coefficient (Wildman–Crippen LogP) is 4.88. The Hall–Kier alpha value is -3.98. The summed E-state index contributed by atoms with van der Waals surface area (Å²) >= 11 is 0. The molecule has 6 nitrogen and oxygen atoms in total. The number of aromatic nitrogens is 3. The first-order valence-corrected chi connectivity index (χ1v) is 11.2. The molecular formula is C28H27N3O3. The fraction of sp³-hybridized carbons (Fsp3) is 0.286.